The highest BCUT2D eigenvalue weighted by atomic mass is 32.1. The third-order valence-corrected chi connectivity index (χ3v) is 10.1. The number of aromatic nitrogens is 1. The topological polar surface area (TPSA) is 89.6 Å². The molecule has 6 nitrogen and oxygen atoms in total. The molecular formula is C37H37NO5S. The molecule has 3 atom stereocenters. The van der Waals surface area contributed by atoms with Crippen LogP contribution in [0.15, 0.2) is 88.4 Å². The summed E-state index contributed by atoms with van der Waals surface area (Å²) in [5, 5.41) is 9.62. The quantitative estimate of drug-likeness (QED) is 0.171. The molecule has 0 amide bonds. The fourth-order valence-electron chi connectivity index (χ4n) is 6.44. The number of benzene rings is 2. The number of ether oxygens (including phenoxy) is 1. The zero-order chi connectivity index (χ0) is 30.8. The molecular weight excluding hydrogens is 570 g/mol. The van der Waals surface area contributed by atoms with Gasteiger partial charge < -0.3 is 14.3 Å². The average Bonchev–Trinajstić information content (AvgIpc) is 3.77. The molecule has 0 spiro atoms. The Kier molecular flexibility index (Phi) is 8.78. The van der Waals surface area contributed by atoms with E-state index in [-0.39, 0.29) is 23.7 Å². The summed E-state index contributed by atoms with van der Waals surface area (Å²) in [6.45, 7) is 6.04. The van der Waals surface area contributed by atoms with Crippen LogP contribution in [0.4, 0.5) is 0 Å². The molecule has 0 radical (unpaired) electrons. The summed E-state index contributed by atoms with van der Waals surface area (Å²) in [7, 11) is 0. The predicted octanol–water partition coefficient (Wildman–Crippen LogP) is 8.95. The molecule has 0 saturated carbocycles. The highest BCUT2D eigenvalue weighted by Gasteiger charge is 2.35. The molecule has 0 saturated heterocycles. The zero-order valence-corrected chi connectivity index (χ0v) is 26.2. The first kappa shape index (κ1) is 30.0. The lowest BCUT2D eigenvalue weighted by Gasteiger charge is -2.24. The summed E-state index contributed by atoms with van der Waals surface area (Å²) >= 11 is 1.52. The molecule has 2 aromatic heterocycles. The van der Waals surface area contributed by atoms with Crippen molar-refractivity contribution in [3.05, 3.63) is 100 Å². The number of thiophene rings is 1. The molecule has 226 valence electrons. The molecule has 2 aliphatic rings. The number of hydrogen-bond donors (Lipinski definition) is 1. The van der Waals surface area contributed by atoms with Gasteiger partial charge in [0, 0.05) is 16.9 Å². The molecule has 6 rings (SSSR count). The van der Waals surface area contributed by atoms with Crippen LogP contribution < -0.4 is 0 Å². The van der Waals surface area contributed by atoms with Crippen LogP contribution in [0.2, 0.25) is 0 Å². The van der Waals surface area contributed by atoms with E-state index >= 15 is 0 Å². The molecule has 2 unspecified atom stereocenters. The molecule has 2 heterocycles. The fraction of sp³-hybridized carbons (Fsp3) is 0.324. The van der Waals surface area contributed by atoms with E-state index in [9.17, 15) is 14.7 Å². The first-order valence-electron chi connectivity index (χ1n) is 15.3. The van der Waals surface area contributed by atoms with Crippen molar-refractivity contribution in [2.24, 2.45) is 11.8 Å². The normalized spacial score (nSPS) is 18.4. The van der Waals surface area contributed by atoms with E-state index in [2.05, 4.69) is 48.6 Å². The number of hydrogen-bond acceptors (Lipinski definition) is 6. The van der Waals surface area contributed by atoms with E-state index in [1.807, 2.05) is 38.1 Å². The summed E-state index contributed by atoms with van der Waals surface area (Å²) < 4.78 is 12.2. The number of nitrogens with zero attached hydrogens (tertiary/aromatic N) is 1. The molecule has 0 aliphatic heterocycles. The number of ketones is 1. The van der Waals surface area contributed by atoms with Crippen LogP contribution in [0.3, 0.4) is 0 Å². The van der Waals surface area contributed by atoms with Gasteiger partial charge in [0.25, 0.3) is 0 Å². The highest BCUT2D eigenvalue weighted by molar-refractivity contribution is 7.17. The van der Waals surface area contributed by atoms with Crippen LogP contribution in [0.1, 0.15) is 60.7 Å². The Morgan fingerprint density at radius 1 is 1.02 bits per heavy atom. The van der Waals surface area contributed by atoms with E-state index in [1.54, 1.807) is 6.92 Å². The Labute approximate surface area is 262 Å². The van der Waals surface area contributed by atoms with Gasteiger partial charge in [-0.25, -0.2) is 4.98 Å². The number of carbonyl (C=O) groups is 2. The molecule has 2 aliphatic carbocycles. The van der Waals surface area contributed by atoms with E-state index in [0.717, 1.165) is 62.7 Å². The molecule has 44 heavy (non-hydrogen) atoms. The maximum absolute atomic E-state index is 11.7. The average molecular weight is 608 g/mol. The SMILES string of the molecule is CCC(C(=O)O)[C@@H]1CCC2=C1C=CC(OCCc1nc(-c3ccc(-c4ccc(-c5ccc(C(C)=O)s5)cc4)cc3)oc1C)C2. The van der Waals surface area contributed by atoms with Crippen LogP contribution in [0, 0.1) is 18.8 Å². The van der Waals surface area contributed by atoms with Crippen LogP contribution in [0.5, 0.6) is 0 Å². The van der Waals surface area contributed by atoms with Gasteiger partial charge in [-0.05, 0) is 92.0 Å². The van der Waals surface area contributed by atoms with E-state index in [1.165, 1.54) is 22.5 Å². The third-order valence-electron chi connectivity index (χ3n) is 8.90. The second kappa shape index (κ2) is 12.9. The molecule has 0 fully saturated rings. The minimum Gasteiger partial charge on any atom is -0.481 e. The number of oxazole rings is 1. The van der Waals surface area contributed by atoms with Crippen LogP contribution in [-0.2, 0) is 16.0 Å². The van der Waals surface area contributed by atoms with Crippen molar-refractivity contribution in [2.45, 2.75) is 59.0 Å². The van der Waals surface area contributed by atoms with Gasteiger partial charge in [0.15, 0.2) is 5.78 Å². The van der Waals surface area contributed by atoms with Crippen molar-refractivity contribution < 1.29 is 23.8 Å². The first-order chi connectivity index (χ1) is 21.3. The number of allylic oxidation sites excluding steroid dienone is 2. The van der Waals surface area contributed by atoms with Crippen molar-refractivity contribution in [1.82, 2.24) is 4.98 Å². The van der Waals surface area contributed by atoms with E-state index in [0.29, 0.717) is 25.3 Å². The van der Waals surface area contributed by atoms with Crippen LogP contribution in [-0.4, -0.2) is 34.6 Å². The van der Waals surface area contributed by atoms with Gasteiger partial charge in [-0.3, -0.25) is 9.59 Å². The number of carboxylic acid groups (broad SMARTS) is 1. The minimum atomic E-state index is -0.692. The van der Waals surface area contributed by atoms with Gasteiger partial charge in [-0.15, -0.1) is 11.3 Å². The summed E-state index contributed by atoms with van der Waals surface area (Å²) in [5.41, 5.74) is 7.72. The van der Waals surface area contributed by atoms with Crippen LogP contribution in [0.25, 0.3) is 33.0 Å². The molecule has 4 aromatic rings. The molecule has 0 bridgehead atoms. The van der Waals surface area contributed by atoms with Crippen molar-refractivity contribution in [1.29, 1.82) is 0 Å². The second-order valence-electron chi connectivity index (χ2n) is 11.7. The lowest BCUT2D eigenvalue weighted by molar-refractivity contribution is -0.143. The highest BCUT2D eigenvalue weighted by Crippen LogP contribution is 2.43. The third kappa shape index (κ3) is 6.26. The van der Waals surface area contributed by atoms with E-state index in [4.69, 9.17) is 14.1 Å². The second-order valence-corrected chi connectivity index (χ2v) is 12.8. The van der Waals surface area contributed by atoms with Crippen molar-refractivity contribution in [3.63, 3.8) is 0 Å². The summed E-state index contributed by atoms with van der Waals surface area (Å²) in [6.07, 6.45) is 8.24. The molecule has 1 N–H and O–H groups in total. The van der Waals surface area contributed by atoms with Gasteiger partial charge in [0.05, 0.1) is 29.2 Å². The number of aryl methyl sites for hydroxylation is 1. The zero-order valence-electron chi connectivity index (χ0n) is 25.3. The summed E-state index contributed by atoms with van der Waals surface area (Å²) in [6, 6.07) is 20.5. The number of aliphatic carboxylic acids is 1. The summed E-state index contributed by atoms with van der Waals surface area (Å²) in [4.78, 5) is 30.0. The number of carbonyl (C=O) groups excluding carboxylic acids is 1. The summed E-state index contributed by atoms with van der Waals surface area (Å²) in [5.74, 6) is 0.616. The van der Waals surface area contributed by atoms with Gasteiger partial charge in [0.2, 0.25) is 5.89 Å². The first-order valence-corrected chi connectivity index (χ1v) is 16.1. The predicted molar refractivity (Wildman–Crippen MR) is 174 cm³/mol. The molecule has 7 heteroatoms. The van der Waals surface area contributed by atoms with Crippen molar-refractivity contribution in [3.8, 4) is 33.0 Å². The standard InChI is InChI=1S/C37H37NO5S/c1-4-30(37(40)41)32-15-13-28-21-29(14-16-31(28)32)42-20-19-33-23(3)43-36(38-33)27-11-7-25(8-12-27)24-5-9-26(10-6-24)35-18-17-34(44-35)22(2)39/h5-12,14,16-18,29-30,32H,4,13,15,19-21H2,1-3H3,(H,40,41)/t29?,30?,32-/m0/s1. The fourth-order valence-corrected chi connectivity index (χ4v) is 7.35. The van der Waals surface area contributed by atoms with Crippen molar-refractivity contribution >= 4 is 23.1 Å². The van der Waals surface area contributed by atoms with Gasteiger partial charge in [-0.1, -0.05) is 61.0 Å². The van der Waals surface area contributed by atoms with Crippen LogP contribution >= 0.6 is 11.3 Å². The minimum absolute atomic E-state index is 0.00835. The Balaban J connectivity index is 1.04. The monoisotopic (exact) mass is 607 g/mol. The number of Topliss-reactive ketones (excluding diaryl/α,β-unsaturated/α-hetero) is 1. The Bertz CT molecular complexity index is 1720. The van der Waals surface area contributed by atoms with Gasteiger partial charge in [0.1, 0.15) is 5.76 Å². The van der Waals surface area contributed by atoms with Gasteiger partial charge in [-0.2, -0.15) is 0 Å². The maximum Gasteiger partial charge on any atom is 0.307 e. The maximum atomic E-state index is 11.7. The Hall–Kier alpha value is -4.07. The largest absolute Gasteiger partial charge is 0.481 e. The number of rotatable bonds is 11. The smallest absolute Gasteiger partial charge is 0.307 e. The number of carboxylic acids is 1. The molecule has 2 aromatic carbocycles. The Morgan fingerprint density at radius 2 is 1.70 bits per heavy atom. The van der Waals surface area contributed by atoms with Crippen molar-refractivity contribution in [2.75, 3.05) is 6.61 Å². The lowest BCUT2D eigenvalue weighted by atomic mass is 9.83. The van der Waals surface area contributed by atoms with Gasteiger partial charge >= 0.3 is 5.97 Å². The van der Waals surface area contributed by atoms with E-state index < -0.39 is 5.97 Å². The Morgan fingerprint density at radius 3 is 2.34 bits per heavy atom. The lowest BCUT2D eigenvalue weighted by Crippen LogP contribution is -2.23.